The van der Waals surface area contributed by atoms with Crippen molar-refractivity contribution in [1.82, 2.24) is 24.3 Å². The lowest BCUT2D eigenvalue weighted by Crippen LogP contribution is -2.53. The molecule has 1 N–H and O–H groups in total. The van der Waals surface area contributed by atoms with E-state index in [-0.39, 0.29) is 17.8 Å². The topological polar surface area (TPSA) is 73.7 Å². The number of aldehydes is 1. The summed E-state index contributed by atoms with van der Waals surface area (Å²) in [5, 5.41) is 3.54. The van der Waals surface area contributed by atoms with Gasteiger partial charge in [-0.2, -0.15) is 0 Å². The number of aromatic nitrogens is 2. The SMILES string of the molecule is Cc1ccc(Nc2c(-c3ccc(F)cc3)nc3n2CCN(C(=O)N2CCC(N4CCCC(C=O)C4)CC2)C3)cc1. The first kappa shape index (κ1) is 26.5. The van der Waals surface area contributed by atoms with Crippen LogP contribution in [0.25, 0.3) is 11.3 Å². The highest BCUT2D eigenvalue weighted by Gasteiger charge is 2.33. The third-order valence-electron chi connectivity index (χ3n) is 8.61. The number of urea groups is 1. The van der Waals surface area contributed by atoms with Crippen LogP contribution < -0.4 is 5.32 Å². The van der Waals surface area contributed by atoms with Crippen LogP contribution in [-0.4, -0.2) is 75.3 Å². The molecule has 0 spiro atoms. The first-order chi connectivity index (χ1) is 19.5. The smallest absolute Gasteiger partial charge is 0.320 e. The van der Waals surface area contributed by atoms with Gasteiger partial charge in [0.2, 0.25) is 0 Å². The number of piperidine rings is 2. The molecule has 2 aromatic carbocycles. The lowest BCUT2D eigenvalue weighted by Gasteiger charge is -2.42. The quantitative estimate of drug-likeness (QED) is 0.455. The van der Waals surface area contributed by atoms with Crippen molar-refractivity contribution in [3.63, 3.8) is 0 Å². The molecule has 3 aromatic rings. The normalized spacial score (nSPS) is 20.3. The molecule has 210 valence electrons. The molecule has 9 heteroatoms. The Balaban J connectivity index is 1.17. The minimum atomic E-state index is -0.287. The Kier molecular flexibility index (Phi) is 7.56. The zero-order valence-corrected chi connectivity index (χ0v) is 23.1. The van der Waals surface area contributed by atoms with Crippen molar-refractivity contribution in [3.05, 3.63) is 65.7 Å². The number of hydrogen-bond acceptors (Lipinski definition) is 5. The zero-order chi connectivity index (χ0) is 27.6. The fourth-order valence-corrected chi connectivity index (χ4v) is 6.31. The van der Waals surface area contributed by atoms with E-state index in [0.717, 1.165) is 86.7 Å². The minimum absolute atomic E-state index is 0.0634. The third kappa shape index (κ3) is 5.47. The highest BCUT2D eigenvalue weighted by Crippen LogP contribution is 2.34. The summed E-state index contributed by atoms with van der Waals surface area (Å²) in [6.45, 7) is 7.07. The predicted molar refractivity (Wildman–Crippen MR) is 153 cm³/mol. The van der Waals surface area contributed by atoms with Gasteiger partial charge in [0.05, 0.1) is 6.54 Å². The number of nitrogens with one attached hydrogen (secondary N) is 1. The van der Waals surface area contributed by atoms with Crippen LogP contribution in [0.3, 0.4) is 0 Å². The summed E-state index contributed by atoms with van der Waals surface area (Å²) in [5.74, 6) is 1.53. The Morgan fingerprint density at radius 2 is 1.70 bits per heavy atom. The van der Waals surface area contributed by atoms with Crippen molar-refractivity contribution in [1.29, 1.82) is 0 Å². The molecule has 0 aliphatic carbocycles. The number of likely N-dealkylation sites (tertiary alicyclic amines) is 2. The molecule has 2 amide bonds. The highest BCUT2D eigenvalue weighted by atomic mass is 19.1. The molecule has 2 saturated heterocycles. The maximum absolute atomic E-state index is 13.7. The van der Waals surface area contributed by atoms with Crippen LogP contribution in [0.15, 0.2) is 48.5 Å². The largest absolute Gasteiger partial charge is 0.340 e. The summed E-state index contributed by atoms with van der Waals surface area (Å²) in [5.41, 5.74) is 3.71. The van der Waals surface area contributed by atoms with Crippen molar-refractivity contribution in [2.24, 2.45) is 5.92 Å². The number of amides is 2. The van der Waals surface area contributed by atoms with E-state index in [1.54, 1.807) is 12.1 Å². The van der Waals surface area contributed by atoms with Crippen LogP contribution in [0.2, 0.25) is 0 Å². The molecule has 1 unspecified atom stereocenters. The van der Waals surface area contributed by atoms with Gasteiger partial charge in [0.15, 0.2) is 0 Å². The van der Waals surface area contributed by atoms with Crippen LogP contribution in [-0.2, 0) is 17.9 Å². The molecular formula is C31H37FN6O2. The van der Waals surface area contributed by atoms with Crippen molar-refractivity contribution in [2.75, 3.05) is 38.0 Å². The van der Waals surface area contributed by atoms with Crippen molar-refractivity contribution in [2.45, 2.75) is 51.7 Å². The summed E-state index contributed by atoms with van der Waals surface area (Å²) < 4.78 is 15.8. The van der Waals surface area contributed by atoms with E-state index in [9.17, 15) is 14.0 Å². The Hall–Kier alpha value is -3.72. The summed E-state index contributed by atoms with van der Waals surface area (Å²) in [7, 11) is 0. The maximum atomic E-state index is 13.7. The van der Waals surface area contributed by atoms with E-state index < -0.39 is 0 Å². The molecule has 3 aliphatic rings. The monoisotopic (exact) mass is 544 g/mol. The predicted octanol–water partition coefficient (Wildman–Crippen LogP) is 5.05. The molecular weight excluding hydrogens is 507 g/mol. The molecule has 0 saturated carbocycles. The van der Waals surface area contributed by atoms with Gasteiger partial charge < -0.3 is 24.5 Å². The van der Waals surface area contributed by atoms with Gasteiger partial charge in [-0.3, -0.25) is 4.90 Å². The van der Waals surface area contributed by atoms with Gasteiger partial charge in [0.1, 0.15) is 29.4 Å². The fraction of sp³-hybridized carbons (Fsp3) is 0.452. The molecule has 3 aliphatic heterocycles. The second-order valence-corrected chi connectivity index (χ2v) is 11.3. The molecule has 0 radical (unpaired) electrons. The Morgan fingerprint density at radius 3 is 2.42 bits per heavy atom. The summed E-state index contributed by atoms with van der Waals surface area (Å²) in [6.07, 6.45) is 5.06. The van der Waals surface area contributed by atoms with Crippen LogP contribution >= 0.6 is 0 Å². The maximum Gasteiger partial charge on any atom is 0.320 e. The number of nitrogens with zero attached hydrogens (tertiary/aromatic N) is 5. The standard InChI is InChI=1S/C31H37FN6O2/c1-22-4-10-26(11-5-22)33-30-29(24-6-8-25(32)9-7-24)34-28-20-37(17-18-38(28)30)31(40)35-15-12-27(13-16-35)36-14-2-3-23(19-36)21-39/h4-11,21,23,27,33H,2-3,12-20H2,1H3. The van der Waals surface area contributed by atoms with E-state index in [0.29, 0.717) is 25.7 Å². The fourth-order valence-electron chi connectivity index (χ4n) is 6.31. The average molecular weight is 545 g/mol. The molecule has 1 aromatic heterocycles. The molecule has 1 atom stereocenters. The number of imidazole rings is 1. The third-order valence-corrected chi connectivity index (χ3v) is 8.61. The van der Waals surface area contributed by atoms with Crippen molar-refractivity contribution < 1.29 is 14.0 Å². The van der Waals surface area contributed by atoms with Gasteiger partial charge in [-0.1, -0.05) is 17.7 Å². The molecule has 40 heavy (non-hydrogen) atoms. The Morgan fingerprint density at radius 1 is 0.950 bits per heavy atom. The summed E-state index contributed by atoms with van der Waals surface area (Å²) >= 11 is 0. The lowest BCUT2D eigenvalue weighted by molar-refractivity contribution is -0.113. The molecule has 6 rings (SSSR count). The van der Waals surface area contributed by atoms with E-state index in [1.165, 1.54) is 17.7 Å². The first-order valence-corrected chi connectivity index (χ1v) is 14.4. The van der Waals surface area contributed by atoms with Crippen molar-refractivity contribution >= 4 is 23.8 Å². The van der Waals surface area contributed by atoms with E-state index in [1.807, 2.05) is 21.9 Å². The number of carbonyl (C=O) groups excluding carboxylic acids is 2. The van der Waals surface area contributed by atoms with Crippen LogP contribution in [0, 0.1) is 18.7 Å². The second kappa shape index (κ2) is 11.4. The van der Waals surface area contributed by atoms with E-state index >= 15 is 0 Å². The van der Waals surface area contributed by atoms with Gasteiger partial charge in [-0.25, -0.2) is 14.2 Å². The minimum Gasteiger partial charge on any atom is -0.340 e. The number of benzene rings is 2. The molecule has 0 bridgehead atoms. The zero-order valence-electron chi connectivity index (χ0n) is 23.1. The number of anilines is 2. The molecule has 2 fully saturated rings. The van der Waals surface area contributed by atoms with Gasteiger partial charge in [-0.15, -0.1) is 0 Å². The Bertz CT molecular complexity index is 1350. The second-order valence-electron chi connectivity index (χ2n) is 11.3. The lowest BCUT2D eigenvalue weighted by atomic mass is 9.95. The van der Waals surface area contributed by atoms with Gasteiger partial charge >= 0.3 is 6.03 Å². The summed E-state index contributed by atoms with van der Waals surface area (Å²) in [4.78, 5) is 36.2. The average Bonchev–Trinajstić information content (AvgIpc) is 3.35. The van der Waals surface area contributed by atoms with Gasteiger partial charge in [-0.05, 0) is 75.5 Å². The van der Waals surface area contributed by atoms with Gasteiger partial charge in [0.25, 0.3) is 0 Å². The van der Waals surface area contributed by atoms with E-state index in [4.69, 9.17) is 4.98 Å². The van der Waals surface area contributed by atoms with Crippen LogP contribution in [0.4, 0.5) is 20.7 Å². The van der Waals surface area contributed by atoms with Crippen LogP contribution in [0.1, 0.15) is 37.1 Å². The number of halogens is 1. The number of carbonyl (C=O) groups is 2. The van der Waals surface area contributed by atoms with Crippen LogP contribution in [0.5, 0.6) is 0 Å². The Labute approximate surface area is 234 Å². The molecule has 4 heterocycles. The van der Waals surface area contributed by atoms with Crippen molar-refractivity contribution in [3.8, 4) is 11.3 Å². The first-order valence-electron chi connectivity index (χ1n) is 14.4. The number of hydrogen-bond donors (Lipinski definition) is 1. The van der Waals surface area contributed by atoms with E-state index in [2.05, 4.69) is 33.8 Å². The highest BCUT2D eigenvalue weighted by molar-refractivity contribution is 5.78. The number of aryl methyl sites for hydroxylation is 1. The summed E-state index contributed by atoms with van der Waals surface area (Å²) in [6, 6.07) is 15.1. The number of rotatable bonds is 5. The number of fused-ring (bicyclic) bond motifs is 1. The molecule has 8 nitrogen and oxygen atoms in total. The van der Waals surface area contributed by atoms with Gasteiger partial charge in [0, 0.05) is 55.9 Å².